The van der Waals surface area contributed by atoms with E-state index in [1.54, 1.807) is 13.0 Å². The Morgan fingerprint density at radius 2 is 1.90 bits per heavy atom. The molecule has 0 aromatic carbocycles. The Hall–Kier alpha value is -1.18. The molecular formula is C22H38O6Si. The number of methoxy groups -OCH3 is 1. The van der Waals surface area contributed by atoms with Gasteiger partial charge >= 0.3 is 5.97 Å². The monoisotopic (exact) mass is 426 g/mol. The van der Waals surface area contributed by atoms with Crippen LogP contribution in [0.2, 0.25) is 18.1 Å². The molecule has 4 atom stereocenters. The summed E-state index contributed by atoms with van der Waals surface area (Å²) in [6, 6.07) is 0. The SMILES string of the molecule is CCOC(=O)[C@@]12C(=O)CC(C)(C)O[C@@H]1[C@H](C)C(O[Si](C)(C)C(C)(C)C)=C[C@@H]2OC. The molecule has 7 heteroatoms. The minimum atomic E-state index is -2.13. The summed E-state index contributed by atoms with van der Waals surface area (Å²) >= 11 is 0. The average Bonchev–Trinajstić information content (AvgIpc) is 2.55. The number of fused-ring (bicyclic) bond motifs is 1. The highest BCUT2D eigenvalue weighted by Crippen LogP contribution is 2.52. The van der Waals surface area contributed by atoms with Crippen molar-refractivity contribution in [2.45, 2.75) is 90.8 Å². The van der Waals surface area contributed by atoms with Crippen molar-refractivity contribution in [2.75, 3.05) is 13.7 Å². The molecule has 0 bridgehead atoms. The Morgan fingerprint density at radius 3 is 2.38 bits per heavy atom. The van der Waals surface area contributed by atoms with E-state index in [9.17, 15) is 9.59 Å². The molecule has 0 unspecified atom stereocenters. The van der Waals surface area contributed by atoms with Crippen LogP contribution in [0.4, 0.5) is 0 Å². The van der Waals surface area contributed by atoms with Crippen LogP contribution in [0.1, 0.15) is 54.9 Å². The summed E-state index contributed by atoms with van der Waals surface area (Å²) in [6.07, 6.45) is 0.415. The van der Waals surface area contributed by atoms with E-state index in [-0.39, 0.29) is 29.8 Å². The van der Waals surface area contributed by atoms with E-state index in [0.717, 1.165) is 5.76 Å². The summed E-state index contributed by atoms with van der Waals surface area (Å²) in [5.74, 6) is -0.326. The number of ether oxygens (including phenoxy) is 3. The van der Waals surface area contributed by atoms with Crippen LogP contribution >= 0.6 is 0 Å². The molecule has 0 N–H and O–H groups in total. The van der Waals surface area contributed by atoms with E-state index in [4.69, 9.17) is 18.6 Å². The third-order valence-corrected chi connectivity index (χ3v) is 11.0. The van der Waals surface area contributed by atoms with Gasteiger partial charge < -0.3 is 18.6 Å². The van der Waals surface area contributed by atoms with Crippen LogP contribution in [0.3, 0.4) is 0 Å². The van der Waals surface area contributed by atoms with Crippen LogP contribution in [0, 0.1) is 11.3 Å². The lowest BCUT2D eigenvalue weighted by Gasteiger charge is -2.53. The quantitative estimate of drug-likeness (QED) is 0.372. The van der Waals surface area contributed by atoms with Crippen LogP contribution in [0.15, 0.2) is 11.8 Å². The molecule has 0 saturated carbocycles. The Morgan fingerprint density at radius 1 is 1.31 bits per heavy atom. The van der Waals surface area contributed by atoms with Crippen molar-refractivity contribution in [1.82, 2.24) is 0 Å². The maximum atomic E-state index is 13.4. The fourth-order valence-electron chi connectivity index (χ4n) is 3.99. The van der Waals surface area contributed by atoms with Gasteiger partial charge in [0.1, 0.15) is 6.10 Å². The average molecular weight is 427 g/mol. The highest BCUT2D eigenvalue weighted by molar-refractivity contribution is 6.74. The predicted octanol–water partition coefficient (Wildman–Crippen LogP) is 4.24. The molecule has 1 fully saturated rings. The number of carbonyl (C=O) groups is 2. The molecule has 2 aliphatic rings. The lowest BCUT2D eigenvalue weighted by Crippen LogP contribution is -2.67. The summed E-state index contributed by atoms with van der Waals surface area (Å²) in [4.78, 5) is 26.6. The minimum Gasteiger partial charge on any atom is -0.546 e. The lowest BCUT2D eigenvalue weighted by atomic mass is 9.62. The number of rotatable bonds is 5. The third-order valence-electron chi connectivity index (χ3n) is 6.66. The molecule has 29 heavy (non-hydrogen) atoms. The third kappa shape index (κ3) is 4.06. The number of Topliss-reactive ketones (excluding diaryl/α,β-unsaturated/α-hetero) is 1. The Labute approximate surface area is 176 Å². The molecule has 0 spiro atoms. The van der Waals surface area contributed by atoms with Crippen molar-refractivity contribution < 1.29 is 28.2 Å². The molecule has 6 nitrogen and oxygen atoms in total. The number of ketones is 1. The second-order valence-corrected chi connectivity index (χ2v) is 15.1. The molecular weight excluding hydrogens is 388 g/mol. The number of hydrogen-bond acceptors (Lipinski definition) is 6. The maximum absolute atomic E-state index is 13.4. The van der Waals surface area contributed by atoms with E-state index < -0.39 is 37.5 Å². The van der Waals surface area contributed by atoms with Gasteiger partial charge in [0.05, 0.1) is 24.1 Å². The largest absolute Gasteiger partial charge is 0.546 e. The fourth-order valence-corrected chi connectivity index (χ4v) is 5.14. The van der Waals surface area contributed by atoms with Crippen LogP contribution < -0.4 is 0 Å². The number of esters is 1. The van der Waals surface area contributed by atoms with Crippen molar-refractivity contribution in [3.05, 3.63) is 11.8 Å². The van der Waals surface area contributed by atoms with Gasteiger partial charge in [-0.2, -0.15) is 0 Å². The van der Waals surface area contributed by atoms with E-state index in [0.29, 0.717) is 0 Å². The first-order valence-electron chi connectivity index (χ1n) is 10.5. The van der Waals surface area contributed by atoms with Gasteiger partial charge in [-0.3, -0.25) is 9.59 Å². The van der Waals surface area contributed by atoms with Gasteiger partial charge in [0.2, 0.25) is 8.32 Å². The van der Waals surface area contributed by atoms with E-state index in [1.165, 1.54) is 7.11 Å². The molecule has 0 aromatic heterocycles. The molecule has 1 saturated heterocycles. The highest BCUT2D eigenvalue weighted by Gasteiger charge is 2.67. The minimum absolute atomic E-state index is 0.00825. The normalized spacial score (nSPS) is 32.3. The first-order valence-corrected chi connectivity index (χ1v) is 13.4. The molecule has 1 heterocycles. The van der Waals surface area contributed by atoms with E-state index >= 15 is 0 Å². The first-order chi connectivity index (χ1) is 13.1. The summed E-state index contributed by atoms with van der Waals surface area (Å²) in [5, 5.41) is 0.00825. The number of hydrogen-bond donors (Lipinski definition) is 0. The van der Waals surface area contributed by atoms with Gasteiger partial charge in [-0.1, -0.05) is 27.7 Å². The summed E-state index contributed by atoms with van der Waals surface area (Å²) in [7, 11) is -0.627. The van der Waals surface area contributed by atoms with Gasteiger partial charge in [0.15, 0.2) is 11.2 Å². The van der Waals surface area contributed by atoms with Crippen molar-refractivity contribution in [1.29, 1.82) is 0 Å². The second-order valence-electron chi connectivity index (χ2n) is 10.4. The highest BCUT2D eigenvalue weighted by atomic mass is 28.4. The molecule has 0 amide bonds. The van der Waals surface area contributed by atoms with Gasteiger partial charge in [-0.05, 0) is 45.0 Å². The van der Waals surface area contributed by atoms with E-state index in [1.807, 2.05) is 20.8 Å². The molecule has 0 aromatic rings. The standard InChI is InChI=1S/C22H38O6Si/c1-11-26-19(24)22-16(23)13-21(6,7)27-18(22)14(2)15(12-17(22)25-8)28-29(9,10)20(3,4)5/h12,14,17-18H,11,13H2,1-10H3/t14-,17+,18-,22-/m1/s1. The summed E-state index contributed by atoms with van der Waals surface area (Å²) < 4.78 is 24.1. The Bertz CT molecular complexity index is 690. The molecule has 0 radical (unpaired) electrons. The first kappa shape index (κ1) is 24.1. The topological polar surface area (TPSA) is 71.1 Å². The van der Waals surface area contributed by atoms with Gasteiger partial charge in [0, 0.05) is 19.4 Å². The van der Waals surface area contributed by atoms with Crippen LogP contribution in [-0.2, 0) is 28.2 Å². The van der Waals surface area contributed by atoms with Crippen LogP contribution in [-0.4, -0.2) is 51.6 Å². The summed E-state index contributed by atoms with van der Waals surface area (Å²) in [5.41, 5.74) is -2.19. The van der Waals surface area contributed by atoms with Crippen LogP contribution in [0.5, 0.6) is 0 Å². The van der Waals surface area contributed by atoms with Gasteiger partial charge in [-0.15, -0.1) is 0 Å². The van der Waals surface area contributed by atoms with Crippen LogP contribution in [0.25, 0.3) is 0 Å². The molecule has 1 aliphatic heterocycles. The number of carbonyl (C=O) groups excluding carboxylic acids is 2. The lowest BCUT2D eigenvalue weighted by molar-refractivity contribution is -0.223. The van der Waals surface area contributed by atoms with Crippen molar-refractivity contribution in [3.8, 4) is 0 Å². The zero-order valence-electron chi connectivity index (χ0n) is 19.7. The fraction of sp³-hybridized carbons (Fsp3) is 0.818. The van der Waals surface area contributed by atoms with Gasteiger partial charge in [-0.25, -0.2) is 0 Å². The molecule has 166 valence electrons. The molecule has 2 rings (SSSR count). The Balaban J connectivity index is 2.62. The smallest absolute Gasteiger partial charge is 0.325 e. The zero-order valence-corrected chi connectivity index (χ0v) is 20.7. The summed E-state index contributed by atoms with van der Waals surface area (Å²) in [6.45, 7) is 18.5. The van der Waals surface area contributed by atoms with Crippen molar-refractivity contribution in [3.63, 3.8) is 0 Å². The molecule has 1 aliphatic carbocycles. The maximum Gasteiger partial charge on any atom is 0.325 e. The van der Waals surface area contributed by atoms with Gasteiger partial charge in [0.25, 0.3) is 0 Å². The predicted molar refractivity (Wildman–Crippen MR) is 114 cm³/mol. The van der Waals surface area contributed by atoms with E-state index in [2.05, 4.69) is 33.9 Å². The second kappa shape index (κ2) is 7.82. The Kier molecular flexibility index (Phi) is 6.49. The zero-order chi connectivity index (χ0) is 22.4. The van der Waals surface area contributed by atoms with Crippen molar-refractivity contribution in [2.24, 2.45) is 11.3 Å². The van der Waals surface area contributed by atoms with Crippen molar-refractivity contribution >= 4 is 20.1 Å².